The van der Waals surface area contributed by atoms with Gasteiger partial charge in [-0.25, -0.2) is 4.79 Å². The van der Waals surface area contributed by atoms with Crippen LogP contribution >= 0.6 is 0 Å². The van der Waals surface area contributed by atoms with Crippen molar-refractivity contribution in [1.29, 1.82) is 0 Å². The molecule has 0 aromatic carbocycles. The quantitative estimate of drug-likeness (QED) is 0.833. The highest BCUT2D eigenvalue weighted by molar-refractivity contribution is 5.68. The zero-order valence-electron chi connectivity index (χ0n) is 13.0. The van der Waals surface area contributed by atoms with Crippen molar-refractivity contribution in [3.63, 3.8) is 0 Å². The van der Waals surface area contributed by atoms with E-state index in [1.54, 1.807) is 0 Å². The van der Waals surface area contributed by atoms with Gasteiger partial charge in [-0.15, -0.1) is 0 Å². The Kier molecular flexibility index (Phi) is 4.91. The molecule has 1 atom stereocenters. The molecule has 2 N–H and O–H groups in total. The molecule has 2 aliphatic rings. The van der Waals surface area contributed by atoms with E-state index in [-0.39, 0.29) is 11.6 Å². The molecule has 2 fully saturated rings. The van der Waals surface area contributed by atoms with Crippen molar-refractivity contribution in [3.8, 4) is 0 Å². The minimum atomic E-state index is -0.459. The van der Waals surface area contributed by atoms with Crippen molar-refractivity contribution in [2.75, 3.05) is 26.3 Å². The van der Waals surface area contributed by atoms with E-state index < -0.39 is 5.60 Å². The molecule has 5 nitrogen and oxygen atoms in total. The van der Waals surface area contributed by atoms with Crippen LogP contribution in [0.2, 0.25) is 0 Å². The smallest absolute Gasteiger partial charge is 0.408 e. The summed E-state index contributed by atoms with van der Waals surface area (Å²) in [6.45, 7) is 9.14. The number of piperidine rings is 1. The standard InChI is InChI=1S/C15H28N2O3/c1-14(2,3)20-13(18)17-15(6-9-19-11-15)10-12-4-7-16-8-5-12/h12,16H,4-11H2,1-3H3,(H,17,18). The summed E-state index contributed by atoms with van der Waals surface area (Å²) in [6.07, 6.45) is 3.91. The zero-order chi connectivity index (χ0) is 14.6. The van der Waals surface area contributed by atoms with Gasteiger partial charge in [0.2, 0.25) is 0 Å². The summed E-state index contributed by atoms with van der Waals surface area (Å²) >= 11 is 0. The first-order chi connectivity index (χ1) is 9.39. The van der Waals surface area contributed by atoms with Crippen LogP contribution in [0.1, 0.15) is 46.5 Å². The molecular formula is C15H28N2O3. The normalized spacial score (nSPS) is 28.4. The maximum absolute atomic E-state index is 12.1. The molecule has 1 amide bonds. The Morgan fingerprint density at radius 1 is 1.40 bits per heavy atom. The van der Waals surface area contributed by atoms with Gasteiger partial charge in [0.25, 0.3) is 0 Å². The SMILES string of the molecule is CC(C)(C)OC(=O)NC1(CC2CCNCC2)CCOC1. The fourth-order valence-electron chi connectivity index (χ4n) is 3.08. The van der Waals surface area contributed by atoms with E-state index in [2.05, 4.69) is 10.6 Å². The number of nitrogens with one attached hydrogen (secondary N) is 2. The van der Waals surface area contributed by atoms with Crippen LogP contribution in [0.25, 0.3) is 0 Å². The summed E-state index contributed by atoms with van der Waals surface area (Å²) in [5, 5.41) is 6.47. The van der Waals surface area contributed by atoms with E-state index >= 15 is 0 Å². The van der Waals surface area contributed by atoms with Crippen LogP contribution in [-0.2, 0) is 9.47 Å². The minimum Gasteiger partial charge on any atom is -0.444 e. The average Bonchev–Trinajstić information content (AvgIpc) is 2.75. The molecule has 0 spiro atoms. The highest BCUT2D eigenvalue weighted by Gasteiger charge is 2.39. The Hall–Kier alpha value is -0.810. The van der Waals surface area contributed by atoms with Gasteiger partial charge in [-0.05, 0) is 65.5 Å². The Labute approximate surface area is 121 Å². The molecule has 2 aliphatic heterocycles. The molecule has 116 valence electrons. The van der Waals surface area contributed by atoms with Gasteiger partial charge in [0, 0.05) is 6.61 Å². The zero-order valence-corrected chi connectivity index (χ0v) is 13.0. The van der Waals surface area contributed by atoms with Crippen LogP contribution in [-0.4, -0.2) is 43.5 Å². The fourth-order valence-corrected chi connectivity index (χ4v) is 3.08. The van der Waals surface area contributed by atoms with Crippen molar-refractivity contribution in [2.45, 2.75) is 57.6 Å². The number of amides is 1. The van der Waals surface area contributed by atoms with Gasteiger partial charge < -0.3 is 20.1 Å². The Bertz CT molecular complexity index is 327. The highest BCUT2D eigenvalue weighted by atomic mass is 16.6. The van der Waals surface area contributed by atoms with Crippen LogP contribution in [0.15, 0.2) is 0 Å². The second-order valence-electron chi connectivity index (χ2n) is 7.11. The fraction of sp³-hybridized carbons (Fsp3) is 0.933. The van der Waals surface area contributed by atoms with Crippen LogP contribution in [0, 0.1) is 5.92 Å². The van der Waals surface area contributed by atoms with Crippen molar-refractivity contribution < 1.29 is 14.3 Å². The summed E-state index contributed by atoms with van der Waals surface area (Å²) in [4.78, 5) is 12.1. The van der Waals surface area contributed by atoms with Crippen LogP contribution in [0.4, 0.5) is 4.79 Å². The molecule has 2 heterocycles. The lowest BCUT2D eigenvalue weighted by atomic mass is 9.82. The van der Waals surface area contributed by atoms with Crippen molar-refractivity contribution in [3.05, 3.63) is 0 Å². The second kappa shape index (κ2) is 6.31. The summed E-state index contributed by atoms with van der Waals surface area (Å²) in [7, 11) is 0. The third-order valence-electron chi connectivity index (χ3n) is 4.01. The number of hydrogen-bond donors (Lipinski definition) is 2. The van der Waals surface area contributed by atoms with Gasteiger partial charge >= 0.3 is 6.09 Å². The largest absolute Gasteiger partial charge is 0.444 e. The Balaban J connectivity index is 1.92. The van der Waals surface area contributed by atoms with E-state index in [1.807, 2.05) is 20.8 Å². The van der Waals surface area contributed by atoms with E-state index in [1.165, 1.54) is 12.8 Å². The van der Waals surface area contributed by atoms with Gasteiger partial charge in [-0.2, -0.15) is 0 Å². The van der Waals surface area contributed by atoms with Crippen molar-refractivity contribution in [2.24, 2.45) is 5.92 Å². The highest BCUT2D eigenvalue weighted by Crippen LogP contribution is 2.30. The molecule has 0 aromatic heterocycles. The van der Waals surface area contributed by atoms with E-state index in [0.717, 1.165) is 32.5 Å². The maximum Gasteiger partial charge on any atom is 0.408 e. The summed E-state index contributed by atoms with van der Waals surface area (Å²) < 4.78 is 10.9. The van der Waals surface area contributed by atoms with Gasteiger partial charge in [0.15, 0.2) is 0 Å². The summed E-state index contributed by atoms with van der Waals surface area (Å²) in [6, 6.07) is 0. The number of hydrogen-bond acceptors (Lipinski definition) is 4. The number of alkyl carbamates (subject to hydrolysis) is 1. The molecule has 1 unspecified atom stereocenters. The topological polar surface area (TPSA) is 59.6 Å². The number of carbonyl (C=O) groups is 1. The maximum atomic E-state index is 12.1. The van der Waals surface area contributed by atoms with Crippen molar-refractivity contribution in [1.82, 2.24) is 10.6 Å². The number of rotatable bonds is 3. The molecule has 2 saturated heterocycles. The lowest BCUT2D eigenvalue weighted by Crippen LogP contribution is -2.52. The van der Waals surface area contributed by atoms with Crippen LogP contribution in [0.3, 0.4) is 0 Å². The third kappa shape index (κ3) is 4.63. The molecule has 0 aromatic rings. The minimum absolute atomic E-state index is 0.232. The number of carbonyl (C=O) groups excluding carboxylic acids is 1. The van der Waals surface area contributed by atoms with Gasteiger partial charge in [-0.3, -0.25) is 0 Å². The van der Waals surface area contributed by atoms with Gasteiger partial charge in [0.05, 0.1) is 12.1 Å². The molecule has 20 heavy (non-hydrogen) atoms. The average molecular weight is 284 g/mol. The number of ether oxygens (including phenoxy) is 2. The molecule has 0 aliphatic carbocycles. The Morgan fingerprint density at radius 3 is 2.65 bits per heavy atom. The predicted octanol–water partition coefficient (Wildman–Crippen LogP) is 2.06. The van der Waals surface area contributed by atoms with E-state index in [4.69, 9.17) is 9.47 Å². The second-order valence-corrected chi connectivity index (χ2v) is 7.11. The summed E-state index contributed by atoms with van der Waals surface area (Å²) in [5.74, 6) is 0.660. The van der Waals surface area contributed by atoms with E-state index in [9.17, 15) is 4.79 Å². The lowest BCUT2D eigenvalue weighted by molar-refractivity contribution is 0.0414. The third-order valence-corrected chi connectivity index (χ3v) is 4.01. The first-order valence-corrected chi connectivity index (χ1v) is 7.68. The van der Waals surface area contributed by atoms with Crippen LogP contribution in [0.5, 0.6) is 0 Å². The van der Waals surface area contributed by atoms with Crippen molar-refractivity contribution >= 4 is 6.09 Å². The predicted molar refractivity (Wildman–Crippen MR) is 77.7 cm³/mol. The van der Waals surface area contributed by atoms with Crippen LogP contribution < -0.4 is 10.6 Å². The molecule has 0 bridgehead atoms. The first kappa shape index (κ1) is 15.6. The molecule has 0 radical (unpaired) electrons. The first-order valence-electron chi connectivity index (χ1n) is 7.68. The van der Waals surface area contributed by atoms with E-state index in [0.29, 0.717) is 12.5 Å². The molecule has 0 saturated carbocycles. The Morgan fingerprint density at radius 2 is 2.10 bits per heavy atom. The molecule has 5 heteroatoms. The lowest BCUT2D eigenvalue weighted by Gasteiger charge is -2.35. The monoisotopic (exact) mass is 284 g/mol. The van der Waals surface area contributed by atoms with Gasteiger partial charge in [-0.1, -0.05) is 0 Å². The van der Waals surface area contributed by atoms with Gasteiger partial charge in [0.1, 0.15) is 5.60 Å². The molecular weight excluding hydrogens is 256 g/mol. The summed E-state index contributed by atoms with van der Waals surface area (Å²) in [5.41, 5.74) is -0.691. The molecule has 2 rings (SSSR count).